The Bertz CT molecular complexity index is 3830. The molecule has 2 nitrogen and oxygen atoms in total. The summed E-state index contributed by atoms with van der Waals surface area (Å²) in [5, 5.41) is 4.59. The molecule has 0 bridgehead atoms. The van der Waals surface area contributed by atoms with E-state index in [-0.39, 0.29) is 0 Å². The van der Waals surface area contributed by atoms with E-state index in [9.17, 15) is 0 Å². The van der Waals surface area contributed by atoms with Crippen molar-refractivity contribution in [3.05, 3.63) is 305 Å². The van der Waals surface area contributed by atoms with Gasteiger partial charge in [-0.25, -0.2) is 0 Å². The fraction of sp³-hybridized carbons (Fsp3) is 0.0303. The van der Waals surface area contributed by atoms with Gasteiger partial charge >= 0.3 is 0 Å². The molecule has 0 spiro atoms. The molecule has 14 rings (SSSR count). The third kappa shape index (κ3) is 5.34. The fourth-order valence-electron chi connectivity index (χ4n) is 12.2. The van der Waals surface area contributed by atoms with Crippen molar-refractivity contribution < 1.29 is 4.42 Å². The number of rotatable bonds is 7. The highest BCUT2D eigenvalue weighted by molar-refractivity contribution is 6.07. The molecule has 0 atom stereocenters. The topological polar surface area (TPSA) is 16.4 Å². The van der Waals surface area contributed by atoms with Crippen molar-refractivity contribution in [3.63, 3.8) is 0 Å². The Hall–Kier alpha value is -8.72. The third-order valence-corrected chi connectivity index (χ3v) is 15.0. The van der Waals surface area contributed by atoms with Crippen LogP contribution in [-0.2, 0) is 10.8 Å². The summed E-state index contributed by atoms with van der Waals surface area (Å²) in [5.41, 5.74) is 18.8. The van der Waals surface area contributed by atoms with Gasteiger partial charge in [0, 0.05) is 33.6 Å². The van der Waals surface area contributed by atoms with Crippen LogP contribution in [0.4, 0.5) is 17.1 Å². The molecular formula is C66H43NO. The molecule has 0 N–H and O–H groups in total. The van der Waals surface area contributed by atoms with E-state index in [4.69, 9.17) is 4.42 Å². The number of hydrogen-bond acceptors (Lipinski definition) is 2. The van der Waals surface area contributed by atoms with Crippen LogP contribution in [0.5, 0.6) is 0 Å². The Morgan fingerprint density at radius 1 is 0.279 bits per heavy atom. The summed E-state index contributed by atoms with van der Waals surface area (Å²) in [4.78, 5) is 2.43. The number of benzene rings is 11. The van der Waals surface area contributed by atoms with Gasteiger partial charge in [0.1, 0.15) is 11.2 Å². The Balaban J connectivity index is 1.06. The first-order valence-corrected chi connectivity index (χ1v) is 23.6. The SMILES string of the molecule is c1ccc(C2(c3ccc4c(c3)C(c3ccccc3)(c3ccccc3)c3cc(N(c5ccc6c(c5)oc5ccccc56)c5cccc6ccccc56)ccc3-4)c3ccccc3-c3ccccc32)cc1. The van der Waals surface area contributed by atoms with Crippen molar-refractivity contribution >= 4 is 49.8 Å². The minimum absolute atomic E-state index is 0.553. The molecular weight excluding hydrogens is 823 g/mol. The zero-order chi connectivity index (χ0) is 44.8. The van der Waals surface area contributed by atoms with Gasteiger partial charge in [-0.15, -0.1) is 0 Å². The molecule has 0 aliphatic heterocycles. The summed E-state index contributed by atoms with van der Waals surface area (Å²) >= 11 is 0. The number of furan rings is 1. The lowest BCUT2D eigenvalue weighted by Crippen LogP contribution is -2.31. The first-order chi connectivity index (χ1) is 33.7. The lowest BCUT2D eigenvalue weighted by molar-refractivity contribution is 0.669. The Morgan fingerprint density at radius 3 is 1.43 bits per heavy atom. The summed E-state index contributed by atoms with van der Waals surface area (Å²) in [7, 11) is 0. The van der Waals surface area contributed by atoms with E-state index in [0.29, 0.717) is 0 Å². The van der Waals surface area contributed by atoms with Gasteiger partial charge < -0.3 is 9.32 Å². The van der Waals surface area contributed by atoms with Crippen LogP contribution in [0.1, 0.15) is 44.5 Å². The van der Waals surface area contributed by atoms with Gasteiger partial charge in [-0.1, -0.05) is 218 Å². The van der Waals surface area contributed by atoms with Crippen LogP contribution in [0.3, 0.4) is 0 Å². The maximum atomic E-state index is 6.58. The van der Waals surface area contributed by atoms with Gasteiger partial charge in [0.2, 0.25) is 0 Å². The normalized spacial score (nSPS) is 13.8. The lowest BCUT2D eigenvalue weighted by atomic mass is 9.64. The summed E-state index contributed by atoms with van der Waals surface area (Å²) in [6.45, 7) is 0. The van der Waals surface area contributed by atoms with E-state index >= 15 is 0 Å². The molecule has 0 radical (unpaired) electrons. The van der Waals surface area contributed by atoms with Crippen LogP contribution < -0.4 is 4.90 Å². The van der Waals surface area contributed by atoms with Crippen LogP contribution in [0.2, 0.25) is 0 Å². The van der Waals surface area contributed by atoms with Crippen LogP contribution in [0.15, 0.2) is 265 Å². The number of fused-ring (bicyclic) bond motifs is 10. The number of nitrogens with zero attached hydrogens (tertiary/aromatic N) is 1. The molecule has 2 aliphatic carbocycles. The molecule has 0 saturated carbocycles. The monoisotopic (exact) mass is 865 g/mol. The van der Waals surface area contributed by atoms with Gasteiger partial charge in [-0.05, 0) is 109 Å². The van der Waals surface area contributed by atoms with Gasteiger partial charge in [0.05, 0.1) is 16.5 Å². The van der Waals surface area contributed by atoms with Crippen LogP contribution in [-0.4, -0.2) is 0 Å². The van der Waals surface area contributed by atoms with Crippen molar-refractivity contribution in [3.8, 4) is 22.3 Å². The minimum Gasteiger partial charge on any atom is -0.456 e. The van der Waals surface area contributed by atoms with Crippen LogP contribution in [0, 0.1) is 0 Å². The van der Waals surface area contributed by atoms with Crippen LogP contribution >= 0.6 is 0 Å². The standard InChI is InChI=1S/C66H43NO/c1-4-21-45(22-5-1)65(46-23-6-2-7-24-46)60-41-48(66(47-25-8-3-9-26-47)58-31-15-12-28-52(58)53-29-13-16-32-59(53)66)35-38-54(60)55-39-36-49(42-61(55)65)67(62-33-18-20-44-19-10-11-27-51(44)62)50-37-40-57-56-30-14-17-34-63(56)68-64(57)43-50/h1-43H. The molecule has 0 saturated heterocycles. The molecule has 2 heteroatoms. The smallest absolute Gasteiger partial charge is 0.137 e. The van der Waals surface area contributed by atoms with Crippen molar-refractivity contribution in [2.75, 3.05) is 4.90 Å². The molecule has 68 heavy (non-hydrogen) atoms. The first-order valence-electron chi connectivity index (χ1n) is 23.6. The maximum Gasteiger partial charge on any atom is 0.137 e. The number of anilines is 3. The second-order valence-electron chi connectivity index (χ2n) is 18.3. The molecule has 12 aromatic rings. The summed E-state index contributed by atoms with van der Waals surface area (Å²) in [6, 6.07) is 96.6. The van der Waals surface area contributed by atoms with E-state index in [0.717, 1.165) is 39.0 Å². The van der Waals surface area contributed by atoms with Crippen molar-refractivity contribution in [2.24, 2.45) is 0 Å². The molecule has 0 amide bonds. The Morgan fingerprint density at radius 2 is 0.750 bits per heavy atom. The van der Waals surface area contributed by atoms with E-state index in [1.54, 1.807) is 0 Å². The highest BCUT2D eigenvalue weighted by atomic mass is 16.3. The minimum atomic E-state index is -0.679. The zero-order valence-corrected chi connectivity index (χ0v) is 37.2. The quantitative estimate of drug-likeness (QED) is 0.159. The van der Waals surface area contributed by atoms with E-state index < -0.39 is 10.8 Å². The highest BCUT2D eigenvalue weighted by Crippen LogP contribution is 2.61. The van der Waals surface area contributed by atoms with Crippen LogP contribution in [0.25, 0.3) is 55.0 Å². The predicted molar refractivity (Wildman–Crippen MR) is 281 cm³/mol. The molecule has 318 valence electrons. The maximum absolute atomic E-state index is 6.58. The van der Waals surface area contributed by atoms with E-state index in [1.807, 2.05) is 6.07 Å². The van der Waals surface area contributed by atoms with Gasteiger partial charge in [-0.3, -0.25) is 0 Å². The van der Waals surface area contributed by atoms with Crippen molar-refractivity contribution in [1.29, 1.82) is 0 Å². The molecule has 2 aliphatic rings. The summed E-state index contributed by atoms with van der Waals surface area (Å²) < 4.78 is 6.58. The van der Waals surface area contributed by atoms with Gasteiger partial charge in [-0.2, -0.15) is 0 Å². The van der Waals surface area contributed by atoms with Crippen molar-refractivity contribution in [1.82, 2.24) is 0 Å². The zero-order valence-electron chi connectivity index (χ0n) is 37.2. The Kier molecular flexibility index (Phi) is 8.45. The molecule has 1 aromatic heterocycles. The summed E-state index contributed by atoms with van der Waals surface area (Å²) in [5.74, 6) is 0. The van der Waals surface area contributed by atoms with Gasteiger partial charge in [0.25, 0.3) is 0 Å². The van der Waals surface area contributed by atoms with E-state index in [1.165, 1.54) is 77.5 Å². The summed E-state index contributed by atoms with van der Waals surface area (Å²) in [6.07, 6.45) is 0. The average molecular weight is 866 g/mol. The number of para-hydroxylation sites is 1. The highest BCUT2D eigenvalue weighted by Gasteiger charge is 2.50. The molecule has 11 aromatic carbocycles. The second-order valence-corrected chi connectivity index (χ2v) is 18.3. The fourth-order valence-corrected chi connectivity index (χ4v) is 12.2. The van der Waals surface area contributed by atoms with Crippen molar-refractivity contribution in [2.45, 2.75) is 10.8 Å². The molecule has 1 heterocycles. The number of hydrogen-bond donors (Lipinski definition) is 0. The largest absolute Gasteiger partial charge is 0.456 e. The van der Waals surface area contributed by atoms with E-state index in [2.05, 4.69) is 260 Å². The Labute approximate surface area is 395 Å². The molecule has 0 fully saturated rings. The first kappa shape index (κ1) is 38.5. The van der Waals surface area contributed by atoms with Gasteiger partial charge in [0.15, 0.2) is 0 Å². The second kappa shape index (κ2) is 14.9. The average Bonchev–Trinajstić information content (AvgIpc) is 4.04. The lowest BCUT2D eigenvalue weighted by Gasteiger charge is -2.37. The third-order valence-electron chi connectivity index (χ3n) is 15.0. The molecule has 0 unspecified atom stereocenters. The predicted octanol–water partition coefficient (Wildman–Crippen LogP) is 16.9.